The summed E-state index contributed by atoms with van der Waals surface area (Å²) < 4.78 is 26.4. The van der Waals surface area contributed by atoms with Crippen LogP contribution in [-0.2, 0) is 21.3 Å². The number of aromatic nitrogens is 3. The number of sulfonamides is 1. The van der Waals surface area contributed by atoms with E-state index in [2.05, 4.69) is 35.8 Å². The third kappa shape index (κ3) is 7.11. The molecule has 0 radical (unpaired) electrons. The number of carbonyl (C=O) groups excluding carboxylic acids is 1. The van der Waals surface area contributed by atoms with Crippen LogP contribution in [-0.4, -0.2) is 42.1 Å². The second-order valence-corrected chi connectivity index (χ2v) is 9.49. The molecule has 0 aliphatic heterocycles. The van der Waals surface area contributed by atoms with Crippen LogP contribution in [0.15, 0.2) is 36.5 Å². The molecule has 0 unspecified atom stereocenters. The van der Waals surface area contributed by atoms with Gasteiger partial charge in [0, 0.05) is 18.0 Å². The van der Waals surface area contributed by atoms with Crippen molar-refractivity contribution in [2.75, 3.05) is 28.2 Å². The Hall–Kier alpha value is -3.77. The van der Waals surface area contributed by atoms with Crippen molar-refractivity contribution in [3.63, 3.8) is 0 Å². The summed E-state index contributed by atoms with van der Waals surface area (Å²) in [5, 5.41) is 6.24. The van der Waals surface area contributed by atoms with Crippen molar-refractivity contribution in [2.45, 2.75) is 34.1 Å². The number of hydrogen-bond acceptors (Lipinski definition) is 9. The quantitative estimate of drug-likeness (QED) is 0.307. The van der Waals surface area contributed by atoms with E-state index in [1.54, 1.807) is 38.1 Å². The normalized spacial score (nSPS) is 11.1. The highest BCUT2D eigenvalue weighted by Crippen LogP contribution is 2.32. The van der Waals surface area contributed by atoms with Crippen molar-refractivity contribution in [3.8, 4) is 0 Å². The number of benzene rings is 1. The number of carbonyl (C=O) groups is 1. The number of hydroxylamine groups is 1. The summed E-state index contributed by atoms with van der Waals surface area (Å²) >= 11 is 0. The summed E-state index contributed by atoms with van der Waals surface area (Å²) in [6.45, 7) is 7.59. The Morgan fingerprint density at radius 1 is 1.00 bits per heavy atom. The molecule has 0 aliphatic carbocycles. The molecule has 0 aliphatic rings. The summed E-state index contributed by atoms with van der Waals surface area (Å²) in [6, 6.07) is 8.72. The van der Waals surface area contributed by atoms with Gasteiger partial charge in [0.1, 0.15) is 23.0 Å². The molecule has 3 rings (SSSR count). The van der Waals surface area contributed by atoms with E-state index in [4.69, 9.17) is 4.84 Å². The molecule has 1 amide bonds. The fourth-order valence-electron chi connectivity index (χ4n) is 3.33. The summed E-state index contributed by atoms with van der Waals surface area (Å²) in [4.78, 5) is 31.1. The van der Waals surface area contributed by atoms with Crippen molar-refractivity contribution in [1.82, 2.24) is 20.4 Å². The Balaban J connectivity index is 2.08. The Morgan fingerprint density at radius 2 is 1.77 bits per heavy atom. The topological polar surface area (TPSA) is 147 Å². The van der Waals surface area contributed by atoms with Crippen LogP contribution in [0.1, 0.15) is 41.3 Å². The molecular weight excluding hydrogens is 470 g/mol. The Labute approximate surface area is 204 Å². The van der Waals surface area contributed by atoms with Gasteiger partial charge < -0.3 is 10.6 Å². The van der Waals surface area contributed by atoms with Crippen LogP contribution < -0.4 is 20.8 Å². The fourth-order valence-corrected chi connectivity index (χ4v) is 3.90. The summed E-state index contributed by atoms with van der Waals surface area (Å²) in [6.07, 6.45) is 3.32. The second-order valence-electron chi connectivity index (χ2n) is 7.75. The van der Waals surface area contributed by atoms with E-state index in [1.807, 2.05) is 19.9 Å². The van der Waals surface area contributed by atoms with Gasteiger partial charge in [-0.05, 0) is 51.0 Å². The van der Waals surface area contributed by atoms with Gasteiger partial charge in [0.05, 0.1) is 29.9 Å². The highest BCUT2D eigenvalue weighted by atomic mass is 32.2. The summed E-state index contributed by atoms with van der Waals surface area (Å²) in [5.41, 5.74) is 5.44. The largest absolute Gasteiger partial charge is 0.353 e. The van der Waals surface area contributed by atoms with Crippen molar-refractivity contribution in [3.05, 3.63) is 59.2 Å². The molecule has 3 aromatic rings. The number of nitrogens with one attached hydrogen (secondary N) is 4. The first kappa shape index (κ1) is 25.8. The number of anilines is 5. The first-order valence-electron chi connectivity index (χ1n) is 11.0. The zero-order chi connectivity index (χ0) is 25.6. The SMILES string of the molecule is CCONC(=O)c1c(Nc2ccc(CC)cc2NS(C)(=O)=O)ccnc1Nc1cc(C)nc(C)n1. The fraction of sp³-hybridized carbons (Fsp3) is 0.304. The molecule has 1 aromatic carbocycles. The van der Waals surface area contributed by atoms with Crippen molar-refractivity contribution >= 4 is 44.6 Å². The lowest BCUT2D eigenvalue weighted by Gasteiger charge is -2.18. The minimum Gasteiger partial charge on any atom is -0.353 e. The zero-order valence-electron chi connectivity index (χ0n) is 20.3. The standard InChI is InChI=1S/C23H29N7O4S/c1-6-16-8-9-17(19(13-16)30-35(5,32)33)27-18-10-11-24-22(21(18)23(31)29-34-7-2)28-20-12-14(3)25-15(4)26-20/h8-13,30H,6-7H2,1-5H3,(H,29,31)(H2,24,25,26,27,28). The summed E-state index contributed by atoms with van der Waals surface area (Å²) in [5.74, 6) is 0.717. The van der Waals surface area contributed by atoms with Crippen LogP contribution in [0.25, 0.3) is 0 Å². The van der Waals surface area contributed by atoms with E-state index in [0.29, 0.717) is 28.7 Å². The van der Waals surface area contributed by atoms with E-state index < -0.39 is 15.9 Å². The zero-order valence-corrected chi connectivity index (χ0v) is 21.1. The maximum absolute atomic E-state index is 13.1. The van der Waals surface area contributed by atoms with E-state index in [0.717, 1.165) is 23.9 Å². The molecule has 0 atom stereocenters. The molecule has 11 nitrogen and oxygen atoms in total. The first-order valence-corrected chi connectivity index (χ1v) is 12.9. The molecule has 2 aromatic heterocycles. The molecule has 0 bridgehead atoms. The number of rotatable bonds is 10. The van der Waals surface area contributed by atoms with Gasteiger partial charge in [-0.3, -0.25) is 14.4 Å². The Bertz CT molecular complexity index is 1310. The van der Waals surface area contributed by atoms with Gasteiger partial charge in [-0.1, -0.05) is 13.0 Å². The molecule has 2 heterocycles. The Morgan fingerprint density at radius 3 is 2.43 bits per heavy atom. The van der Waals surface area contributed by atoms with Gasteiger partial charge in [-0.15, -0.1) is 0 Å². The number of pyridine rings is 1. The monoisotopic (exact) mass is 499 g/mol. The molecular formula is C23H29N7O4S. The third-order valence-corrected chi connectivity index (χ3v) is 5.35. The third-order valence-electron chi connectivity index (χ3n) is 4.76. The number of nitrogens with zero attached hydrogens (tertiary/aromatic N) is 3. The Kier molecular flexibility index (Phi) is 8.20. The molecule has 12 heteroatoms. The lowest BCUT2D eigenvalue weighted by atomic mass is 10.1. The van der Waals surface area contributed by atoms with Gasteiger partial charge in [-0.2, -0.15) is 0 Å². The van der Waals surface area contributed by atoms with E-state index >= 15 is 0 Å². The predicted molar refractivity (Wildman–Crippen MR) is 136 cm³/mol. The van der Waals surface area contributed by atoms with Gasteiger partial charge >= 0.3 is 0 Å². The molecule has 0 saturated heterocycles. The molecule has 4 N–H and O–H groups in total. The molecule has 186 valence electrons. The average molecular weight is 500 g/mol. The minimum absolute atomic E-state index is 0.153. The summed E-state index contributed by atoms with van der Waals surface area (Å²) in [7, 11) is -3.54. The molecule has 0 fully saturated rings. The van der Waals surface area contributed by atoms with Crippen LogP contribution in [0.4, 0.5) is 28.7 Å². The predicted octanol–water partition coefficient (Wildman–Crippen LogP) is 3.59. The average Bonchev–Trinajstić information content (AvgIpc) is 2.77. The molecule has 0 saturated carbocycles. The highest BCUT2D eigenvalue weighted by molar-refractivity contribution is 7.92. The van der Waals surface area contributed by atoms with Crippen LogP contribution in [0.5, 0.6) is 0 Å². The van der Waals surface area contributed by atoms with Crippen LogP contribution in [0.2, 0.25) is 0 Å². The van der Waals surface area contributed by atoms with Crippen LogP contribution >= 0.6 is 0 Å². The number of amides is 1. The maximum Gasteiger partial charge on any atom is 0.280 e. The van der Waals surface area contributed by atoms with Gasteiger partial charge in [0.2, 0.25) is 10.0 Å². The lowest BCUT2D eigenvalue weighted by molar-refractivity contribution is 0.0366. The van der Waals surface area contributed by atoms with E-state index in [-0.39, 0.29) is 18.0 Å². The lowest BCUT2D eigenvalue weighted by Crippen LogP contribution is -2.26. The first-order chi connectivity index (χ1) is 16.6. The second kappa shape index (κ2) is 11.1. The maximum atomic E-state index is 13.1. The van der Waals surface area contributed by atoms with Crippen molar-refractivity contribution < 1.29 is 18.0 Å². The molecule has 35 heavy (non-hydrogen) atoms. The van der Waals surface area contributed by atoms with Gasteiger partial charge in [-0.25, -0.2) is 28.8 Å². The van der Waals surface area contributed by atoms with Crippen LogP contribution in [0, 0.1) is 13.8 Å². The van der Waals surface area contributed by atoms with E-state index in [9.17, 15) is 13.2 Å². The smallest absolute Gasteiger partial charge is 0.280 e. The van der Waals surface area contributed by atoms with Gasteiger partial charge in [0.25, 0.3) is 5.91 Å². The number of hydrogen-bond donors (Lipinski definition) is 4. The van der Waals surface area contributed by atoms with Gasteiger partial charge in [0.15, 0.2) is 0 Å². The molecule has 0 spiro atoms. The number of aryl methyl sites for hydroxylation is 3. The van der Waals surface area contributed by atoms with Crippen LogP contribution in [0.3, 0.4) is 0 Å². The van der Waals surface area contributed by atoms with Crippen molar-refractivity contribution in [1.29, 1.82) is 0 Å². The minimum atomic E-state index is -3.54. The highest BCUT2D eigenvalue weighted by Gasteiger charge is 2.20. The van der Waals surface area contributed by atoms with E-state index in [1.165, 1.54) is 6.20 Å². The van der Waals surface area contributed by atoms with Crippen molar-refractivity contribution in [2.24, 2.45) is 0 Å².